The quantitative estimate of drug-likeness (QED) is 0.122. The largest absolute Gasteiger partial charge is 0.468 e. The van der Waals surface area contributed by atoms with Crippen molar-refractivity contribution in [2.24, 2.45) is 11.3 Å². The summed E-state index contributed by atoms with van der Waals surface area (Å²) in [5.74, 6) is -6.04. The van der Waals surface area contributed by atoms with Crippen LogP contribution >= 0.6 is 0 Å². The maximum atomic E-state index is 14.3. The number of benzene rings is 1. The highest BCUT2D eigenvalue weighted by atomic mass is 19.4. The number of imidazole rings is 1. The van der Waals surface area contributed by atoms with Crippen molar-refractivity contribution in [3.8, 4) is 0 Å². The number of esters is 1. The number of fused-ring (bicyclic) bond motifs is 1. The van der Waals surface area contributed by atoms with Crippen LogP contribution in [0.25, 0.3) is 5.65 Å². The molecule has 51 heavy (non-hydrogen) atoms. The second kappa shape index (κ2) is 14.1. The van der Waals surface area contributed by atoms with Gasteiger partial charge in [-0.15, -0.1) is 0 Å². The zero-order valence-electron chi connectivity index (χ0n) is 28.3. The van der Waals surface area contributed by atoms with Gasteiger partial charge in [0.15, 0.2) is 11.1 Å². The van der Waals surface area contributed by atoms with E-state index >= 15 is 0 Å². The SMILES string of the molecule is COC(=O)C1(Cc2ccc3nc([C@@H](NC(=O)OCc4ccccc4)C4CCC(F)(F)CC4)cn3n2)C[C@@H](C(F)(F)F)N(C(=O)OC(C)(C)C)C1=O. The van der Waals surface area contributed by atoms with E-state index in [4.69, 9.17) is 14.2 Å². The second-order valence-electron chi connectivity index (χ2n) is 13.8. The van der Waals surface area contributed by atoms with Crippen LogP contribution in [0, 0.1) is 11.3 Å². The van der Waals surface area contributed by atoms with E-state index in [0.29, 0.717) is 0 Å². The molecule has 17 heteroatoms. The van der Waals surface area contributed by atoms with Gasteiger partial charge in [-0.05, 0) is 57.2 Å². The normalized spacial score (nSPS) is 21.7. The van der Waals surface area contributed by atoms with Gasteiger partial charge in [-0.1, -0.05) is 30.3 Å². The van der Waals surface area contributed by atoms with Crippen molar-refractivity contribution in [1.82, 2.24) is 24.8 Å². The van der Waals surface area contributed by atoms with E-state index in [-0.39, 0.29) is 41.4 Å². The van der Waals surface area contributed by atoms with Gasteiger partial charge in [0.05, 0.1) is 30.7 Å². The Hall–Kier alpha value is -4.83. The van der Waals surface area contributed by atoms with Crippen LogP contribution in [0.15, 0.2) is 48.7 Å². The molecule has 2 aliphatic rings. The molecule has 2 aromatic heterocycles. The van der Waals surface area contributed by atoms with E-state index in [1.54, 1.807) is 30.3 Å². The van der Waals surface area contributed by atoms with E-state index in [9.17, 15) is 41.1 Å². The van der Waals surface area contributed by atoms with Crippen molar-refractivity contribution >= 4 is 29.7 Å². The number of amides is 3. The molecule has 3 heterocycles. The Kier molecular flexibility index (Phi) is 10.3. The zero-order chi connectivity index (χ0) is 37.4. The van der Waals surface area contributed by atoms with E-state index < -0.39 is 90.9 Å². The van der Waals surface area contributed by atoms with Gasteiger partial charge in [-0.25, -0.2) is 32.8 Å². The summed E-state index contributed by atoms with van der Waals surface area (Å²) in [5.41, 5.74) is -2.57. The molecule has 2 fully saturated rings. The average molecular weight is 724 g/mol. The molecule has 3 aromatic rings. The first-order chi connectivity index (χ1) is 23.8. The molecule has 3 atom stereocenters. The monoisotopic (exact) mass is 723 g/mol. The molecule has 1 saturated heterocycles. The fraction of sp³-hybridized carbons (Fsp3) is 0.529. The number of alkyl halides is 5. The lowest BCUT2D eigenvalue weighted by Gasteiger charge is -2.33. The molecule has 1 aliphatic heterocycles. The van der Waals surface area contributed by atoms with Gasteiger partial charge >= 0.3 is 24.3 Å². The third-order valence-electron chi connectivity index (χ3n) is 8.94. The first kappa shape index (κ1) is 37.4. The summed E-state index contributed by atoms with van der Waals surface area (Å²) in [6.45, 7) is 4.20. The number of hydrogen-bond donors (Lipinski definition) is 1. The van der Waals surface area contributed by atoms with Gasteiger partial charge in [-0.2, -0.15) is 18.3 Å². The lowest BCUT2D eigenvalue weighted by Crippen LogP contribution is -2.50. The molecular formula is C34H38F5N5O7. The first-order valence-corrected chi connectivity index (χ1v) is 16.2. The molecule has 0 radical (unpaired) electrons. The molecule has 1 N–H and O–H groups in total. The van der Waals surface area contributed by atoms with Crippen molar-refractivity contribution in [2.75, 3.05) is 7.11 Å². The summed E-state index contributed by atoms with van der Waals surface area (Å²) in [6, 6.07) is 8.12. The summed E-state index contributed by atoms with van der Waals surface area (Å²) < 4.78 is 87.5. The number of halogens is 5. The zero-order valence-corrected chi connectivity index (χ0v) is 28.3. The lowest BCUT2D eigenvalue weighted by molar-refractivity contribution is -0.177. The second-order valence-corrected chi connectivity index (χ2v) is 13.8. The molecule has 0 bridgehead atoms. The standard InChI is InChI=1S/C34H38F5N5O7/c1-31(2,3)51-30(48)44-24(34(37,38)39)17-32(27(44)45,28(46)49-4)16-22-10-11-25-40-23(18-43(25)42-22)26(21-12-14-33(35,36)15-13-21)41-29(47)50-19-20-8-6-5-7-9-20/h5-11,18,21,24,26H,12-17,19H2,1-4H3,(H,41,47)/t24-,26-,32?/m0/s1. The Bertz CT molecular complexity index is 1770. The number of carbonyl (C=O) groups excluding carboxylic acids is 4. The summed E-state index contributed by atoms with van der Waals surface area (Å²) in [5, 5.41) is 7.14. The van der Waals surface area contributed by atoms with E-state index in [1.807, 2.05) is 0 Å². The Balaban J connectivity index is 1.44. The Labute approximate surface area is 289 Å². The third-order valence-corrected chi connectivity index (χ3v) is 8.94. The van der Waals surface area contributed by atoms with Crippen LogP contribution in [-0.2, 0) is 36.8 Å². The molecule has 5 rings (SSSR count). The highest BCUT2D eigenvalue weighted by Crippen LogP contribution is 2.46. The fourth-order valence-electron chi connectivity index (χ4n) is 6.46. The number of alkyl carbamates (subject to hydrolysis) is 1. The van der Waals surface area contributed by atoms with Gasteiger partial charge in [0.1, 0.15) is 18.2 Å². The molecule has 3 amide bonds. The molecule has 0 spiro atoms. The van der Waals surface area contributed by atoms with Crippen molar-refractivity contribution in [3.05, 3.63) is 65.6 Å². The minimum Gasteiger partial charge on any atom is -0.468 e. The molecule has 276 valence electrons. The minimum absolute atomic E-state index is 0.0266. The summed E-state index contributed by atoms with van der Waals surface area (Å²) in [6.07, 6.45) is -8.53. The Morgan fingerprint density at radius 3 is 2.31 bits per heavy atom. The Morgan fingerprint density at radius 1 is 1.04 bits per heavy atom. The minimum atomic E-state index is -5.10. The molecule has 12 nitrogen and oxygen atoms in total. The van der Waals surface area contributed by atoms with Gasteiger partial charge in [0.2, 0.25) is 5.92 Å². The van der Waals surface area contributed by atoms with Gasteiger partial charge in [0.25, 0.3) is 5.91 Å². The van der Waals surface area contributed by atoms with Gasteiger partial charge in [-0.3, -0.25) is 9.59 Å². The number of likely N-dealkylation sites (tertiary alicyclic amines) is 1. The van der Waals surface area contributed by atoms with Crippen LogP contribution in [0.1, 0.15) is 75.9 Å². The van der Waals surface area contributed by atoms with Crippen molar-refractivity contribution in [1.29, 1.82) is 0 Å². The number of rotatable bonds is 8. The van der Waals surface area contributed by atoms with E-state index in [1.165, 1.54) is 43.6 Å². The lowest BCUT2D eigenvalue weighted by atomic mass is 9.80. The summed E-state index contributed by atoms with van der Waals surface area (Å²) in [7, 11) is 0.911. The van der Waals surface area contributed by atoms with Crippen molar-refractivity contribution in [2.45, 2.75) is 95.7 Å². The number of aromatic nitrogens is 3. The van der Waals surface area contributed by atoms with Crippen molar-refractivity contribution < 1.29 is 55.3 Å². The summed E-state index contributed by atoms with van der Waals surface area (Å²) >= 11 is 0. The number of imide groups is 1. The predicted octanol–water partition coefficient (Wildman–Crippen LogP) is 6.32. The number of nitrogens with zero attached hydrogens (tertiary/aromatic N) is 4. The van der Waals surface area contributed by atoms with Crippen LogP contribution in [0.4, 0.5) is 31.5 Å². The highest BCUT2D eigenvalue weighted by molar-refractivity contribution is 6.10. The van der Waals surface area contributed by atoms with Crippen LogP contribution < -0.4 is 5.32 Å². The van der Waals surface area contributed by atoms with Crippen LogP contribution in [0.3, 0.4) is 0 Å². The maximum Gasteiger partial charge on any atom is 0.417 e. The van der Waals surface area contributed by atoms with Crippen LogP contribution in [0.5, 0.6) is 0 Å². The molecular weight excluding hydrogens is 685 g/mol. The third kappa shape index (κ3) is 8.39. The van der Waals surface area contributed by atoms with Crippen LogP contribution in [-0.4, -0.2) is 74.4 Å². The predicted molar refractivity (Wildman–Crippen MR) is 168 cm³/mol. The summed E-state index contributed by atoms with van der Waals surface area (Å²) in [4.78, 5) is 57.1. The average Bonchev–Trinajstić information content (AvgIpc) is 3.61. The number of methoxy groups -OCH3 is 1. The number of carbonyl (C=O) groups is 4. The van der Waals surface area contributed by atoms with E-state index in [0.717, 1.165) is 12.7 Å². The number of ether oxygens (including phenoxy) is 3. The Morgan fingerprint density at radius 2 is 1.71 bits per heavy atom. The molecule has 1 unspecified atom stereocenters. The highest BCUT2D eigenvalue weighted by Gasteiger charge is 2.66. The van der Waals surface area contributed by atoms with Gasteiger partial charge < -0.3 is 19.5 Å². The van der Waals surface area contributed by atoms with Crippen molar-refractivity contribution in [3.63, 3.8) is 0 Å². The first-order valence-electron chi connectivity index (χ1n) is 16.2. The number of hydrogen-bond acceptors (Lipinski definition) is 9. The van der Waals surface area contributed by atoms with Crippen LogP contribution in [0.2, 0.25) is 0 Å². The molecule has 1 aromatic carbocycles. The molecule has 1 saturated carbocycles. The molecule has 1 aliphatic carbocycles. The fourth-order valence-corrected chi connectivity index (χ4v) is 6.46. The van der Waals surface area contributed by atoms with Gasteiger partial charge in [0, 0.05) is 25.7 Å². The smallest absolute Gasteiger partial charge is 0.417 e. The maximum absolute atomic E-state index is 14.3. The topological polar surface area (TPSA) is 141 Å². The van der Waals surface area contributed by atoms with E-state index in [2.05, 4.69) is 15.4 Å². The number of nitrogens with one attached hydrogen (secondary N) is 1.